The standard InChI is InChI=1S/C20H31N3O3/c1-3-18-16(11-21-6-4-5-7-21)10-19(26-18)20(24)22-8-9-23-15(2)13-25-14-17(23)12-22/h10,15,17H,3-9,11-14H2,1-2H3/t15-,17+/m0/s1. The SMILES string of the molecule is CCc1oc(C(=O)N2CCN3[C@@H](COC[C@@H]3C)C2)cc1CN1CCCC1. The van der Waals surface area contributed by atoms with Crippen LogP contribution in [-0.2, 0) is 17.7 Å². The fourth-order valence-electron chi connectivity index (χ4n) is 4.60. The van der Waals surface area contributed by atoms with Crippen LogP contribution in [0.1, 0.15) is 48.6 Å². The molecule has 3 aliphatic rings. The first kappa shape index (κ1) is 18.0. The molecule has 0 spiro atoms. The van der Waals surface area contributed by atoms with E-state index in [4.69, 9.17) is 9.15 Å². The Morgan fingerprint density at radius 2 is 2.00 bits per heavy atom. The van der Waals surface area contributed by atoms with E-state index in [0.29, 0.717) is 24.5 Å². The highest BCUT2D eigenvalue weighted by molar-refractivity contribution is 5.92. The van der Waals surface area contributed by atoms with Crippen molar-refractivity contribution in [2.75, 3.05) is 45.9 Å². The summed E-state index contributed by atoms with van der Waals surface area (Å²) in [7, 11) is 0. The molecule has 26 heavy (non-hydrogen) atoms. The summed E-state index contributed by atoms with van der Waals surface area (Å²) in [5.41, 5.74) is 1.19. The van der Waals surface area contributed by atoms with E-state index in [1.807, 2.05) is 11.0 Å². The highest BCUT2D eigenvalue weighted by Crippen LogP contribution is 2.24. The Hall–Kier alpha value is -1.37. The minimum Gasteiger partial charge on any atom is -0.456 e. The average molecular weight is 361 g/mol. The van der Waals surface area contributed by atoms with Gasteiger partial charge in [-0.3, -0.25) is 14.6 Å². The summed E-state index contributed by atoms with van der Waals surface area (Å²) in [6.07, 6.45) is 3.38. The van der Waals surface area contributed by atoms with Gasteiger partial charge in [-0.1, -0.05) is 6.92 Å². The molecule has 0 unspecified atom stereocenters. The maximum Gasteiger partial charge on any atom is 0.289 e. The number of likely N-dealkylation sites (tertiary alicyclic amines) is 1. The molecular weight excluding hydrogens is 330 g/mol. The Labute approximate surface area is 156 Å². The molecule has 4 heterocycles. The van der Waals surface area contributed by atoms with Crippen LogP contribution in [0.5, 0.6) is 0 Å². The lowest BCUT2D eigenvalue weighted by atomic mass is 10.1. The number of carbonyl (C=O) groups excluding carboxylic acids is 1. The summed E-state index contributed by atoms with van der Waals surface area (Å²) >= 11 is 0. The summed E-state index contributed by atoms with van der Waals surface area (Å²) < 4.78 is 11.7. The lowest BCUT2D eigenvalue weighted by Gasteiger charge is -2.46. The molecule has 6 nitrogen and oxygen atoms in total. The molecule has 2 atom stereocenters. The van der Waals surface area contributed by atoms with Crippen LogP contribution in [0.4, 0.5) is 0 Å². The Morgan fingerprint density at radius 3 is 2.77 bits per heavy atom. The number of fused-ring (bicyclic) bond motifs is 1. The van der Waals surface area contributed by atoms with E-state index < -0.39 is 0 Å². The molecule has 0 N–H and O–H groups in total. The first-order valence-electron chi connectivity index (χ1n) is 10.1. The van der Waals surface area contributed by atoms with Gasteiger partial charge in [-0.25, -0.2) is 0 Å². The summed E-state index contributed by atoms with van der Waals surface area (Å²) in [6, 6.07) is 2.74. The molecule has 1 amide bonds. The van der Waals surface area contributed by atoms with Crippen LogP contribution in [0.25, 0.3) is 0 Å². The summed E-state index contributed by atoms with van der Waals surface area (Å²) in [6.45, 7) is 11.4. The number of rotatable bonds is 4. The predicted molar refractivity (Wildman–Crippen MR) is 99.3 cm³/mol. The molecule has 0 aromatic carbocycles. The van der Waals surface area contributed by atoms with Gasteiger partial charge in [0.2, 0.25) is 0 Å². The van der Waals surface area contributed by atoms with Gasteiger partial charge in [-0.05, 0) is 38.9 Å². The van der Waals surface area contributed by atoms with E-state index in [9.17, 15) is 4.79 Å². The molecule has 4 rings (SSSR count). The van der Waals surface area contributed by atoms with Crippen LogP contribution in [-0.4, -0.2) is 78.6 Å². The van der Waals surface area contributed by atoms with Gasteiger partial charge in [-0.2, -0.15) is 0 Å². The van der Waals surface area contributed by atoms with Crippen LogP contribution < -0.4 is 0 Å². The van der Waals surface area contributed by atoms with Crippen LogP contribution in [0.2, 0.25) is 0 Å². The number of nitrogens with zero attached hydrogens (tertiary/aromatic N) is 3. The lowest BCUT2D eigenvalue weighted by Crippen LogP contribution is -2.61. The number of amides is 1. The van der Waals surface area contributed by atoms with Crippen molar-refractivity contribution >= 4 is 5.91 Å². The Kier molecular flexibility index (Phi) is 5.34. The van der Waals surface area contributed by atoms with E-state index in [2.05, 4.69) is 23.6 Å². The van der Waals surface area contributed by atoms with Crippen LogP contribution in [0.3, 0.4) is 0 Å². The zero-order chi connectivity index (χ0) is 18.1. The molecular formula is C20H31N3O3. The molecule has 0 radical (unpaired) electrons. The Balaban J connectivity index is 1.45. The number of aryl methyl sites for hydroxylation is 1. The van der Waals surface area contributed by atoms with Crippen molar-refractivity contribution in [1.82, 2.24) is 14.7 Å². The number of carbonyl (C=O) groups is 1. The summed E-state index contributed by atoms with van der Waals surface area (Å²) in [5, 5.41) is 0. The predicted octanol–water partition coefficient (Wildman–Crippen LogP) is 1.98. The molecule has 1 aromatic rings. The molecule has 6 heteroatoms. The number of morpholine rings is 1. The van der Waals surface area contributed by atoms with Crippen molar-refractivity contribution in [1.29, 1.82) is 0 Å². The fourth-order valence-corrected chi connectivity index (χ4v) is 4.60. The number of ether oxygens (including phenoxy) is 1. The third-order valence-corrected chi connectivity index (χ3v) is 6.07. The molecule has 144 valence electrons. The van der Waals surface area contributed by atoms with Gasteiger partial charge < -0.3 is 14.1 Å². The second-order valence-corrected chi connectivity index (χ2v) is 7.93. The van der Waals surface area contributed by atoms with Crippen molar-refractivity contribution in [3.8, 4) is 0 Å². The second-order valence-electron chi connectivity index (χ2n) is 7.93. The van der Waals surface area contributed by atoms with Gasteiger partial charge in [0.15, 0.2) is 5.76 Å². The molecule has 0 saturated carbocycles. The Morgan fingerprint density at radius 1 is 1.19 bits per heavy atom. The minimum absolute atomic E-state index is 0.0326. The zero-order valence-electron chi connectivity index (χ0n) is 16.1. The van der Waals surface area contributed by atoms with Crippen molar-refractivity contribution in [2.24, 2.45) is 0 Å². The normalized spacial score (nSPS) is 27.7. The first-order valence-corrected chi connectivity index (χ1v) is 10.1. The monoisotopic (exact) mass is 361 g/mol. The van der Waals surface area contributed by atoms with Crippen LogP contribution in [0.15, 0.2) is 10.5 Å². The number of hydrogen-bond donors (Lipinski definition) is 0. The van der Waals surface area contributed by atoms with Gasteiger partial charge in [0.25, 0.3) is 5.91 Å². The van der Waals surface area contributed by atoms with Gasteiger partial charge >= 0.3 is 0 Å². The smallest absolute Gasteiger partial charge is 0.289 e. The van der Waals surface area contributed by atoms with Crippen LogP contribution in [0, 0.1) is 0 Å². The van der Waals surface area contributed by atoms with Gasteiger partial charge in [-0.15, -0.1) is 0 Å². The molecule has 1 aromatic heterocycles. The molecule has 0 aliphatic carbocycles. The maximum atomic E-state index is 13.0. The number of furan rings is 1. The molecule has 3 aliphatic heterocycles. The van der Waals surface area contributed by atoms with Gasteiger partial charge in [0.1, 0.15) is 5.76 Å². The number of hydrogen-bond acceptors (Lipinski definition) is 5. The van der Waals surface area contributed by atoms with Crippen LogP contribution >= 0.6 is 0 Å². The summed E-state index contributed by atoms with van der Waals surface area (Å²) in [4.78, 5) is 19.9. The first-order chi connectivity index (χ1) is 12.7. The average Bonchev–Trinajstić information content (AvgIpc) is 3.31. The lowest BCUT2D eigenvalue weighted by molar-refractivity contribution is -0.0703. The maximum absolute atomic E-state index is 13.0. The van der Waals surface area contributed by atoms with E-state index in [1.54, 1.807) is 0 Å². The quantitative estimate of drug-likeness (QED) is 0.821. The zero-order valence-corrected chi connectivity index (χ0v) is 16.1. The molecule has 0 bridgehead atoms. The van der Waals surface area contributed by atoms with E-state index in [1.165, 1.54) is 18.4 Å². The van der Waals surface area contributed by atoms with E-state index in [-0.39, 0.29) is 5.91 Å². The second kappa shape index (κ2) is 7.71. The van der Waals surface area contributed by atoms with Crippen molar-refractivity contribution in [3.05, 3.63) is 23.2 Å². The van der Waals surface area contributed by atoms with Crippen molar-refractivity contribution in [2.45, 2.75) is 51.7 Å². The topological polar surface area (TPSA) is 49.2 Å². The molecule has 3 fully saturated rings. The van der Waals surface area contributed by atoms with Crippen molar-refractivity contribution in [3.63, 3.8) is 0 Å². The third-order valence-electron chi connectivity index (χ3n) is 6.07. The largest absolute Gasteiger partial charge is 0.456 e. The fraction of sp³-hybridized carbons (Fsp3) is 0.750. The van der Waals surface area contributed by atoms with Crippen molar-refractivity contribution < 1.29 is 13.9 Å². The highest BCUT2D eigenvalue weighted by Gasteiger charge is 2.36. The van der Waals surface area contributed by atoms with E-state index >= 15 is 0 Å². The highest BCUT2D eigenvalue weighted by atomic mass is 16.5. The number of piperazine rings is 1. The summed E-state index contributed by atoms with van der Waals surface area (Å²) in [5.74, 6) is 1.51. The Bertz CT molecular complexity index is 638. The van der Waals surface area contributed by atoms with E-state index in [0.717, 1.165) is 58.1 Å². The van der Waals surface area contributed by atoms with Gasteiger partial charge in [0, 0.05) is 44.2 Å². The molecule has 3 saturated heterocycles. The third kappa shape index (κ3) is 3.55. The van der Waals surface area contributed by atoms with Gasteiger partial charge in [0.05, 0.1) is 19.3 Å². The minimum atomic E-state index is 0.0326.